The monoisotopic (exact) mass is 488 g/mol. The SMILES string of the molecule is CC(C)(C)OC(=O)Cn1cc(C(=O)O)c(Nc2ccc(I)cc2F)cc1=O. The van der Waals surface area contributed by atoms with Crippen molar-refractivity contribution >= 4 is 45.9 Å². The second kappa shape index (κ2) is 8.07. The van der Waals surface area contributed by atoms with Gasteiger partial charge in [0.2, 0.25) is 0 Å². The summed E-state index contributed by atoms with van der Waals surface area (Å²) in [6.07, 6.45) is 1.03. The van der Waals surface area contributed by atoms with Crippen LogP contribution in [0.2, 0.25) is 0 Å². The van der Waals surface area contributed by atoms with Crippen molar-refractivity contribution in [2.75, 3.05) is 5.32 Å². The van der Waals surface area contributed by atoms with E-state index in [1.807, 2.05) is 22.6 Å². The molecule has 0 unspecified atom stereocenters. The highest BCUT2D eigenvalue weighted by Crippen LogP contribution is 2.23. The summed E-state index contributed by atoms with van der Waals surface area (Å²) in [5, 5.41) is 12.0. The molecule has 0 aliphatic carbocycles. The van der Waals surface area contributed by atoms with E-state index in [0.717, 1.165) is 16.8 Å². The van der Waals surface area contributed by atoms with E-state index in [9.17, 15) is 23.9 Å². The molecular weight excluding hydrogens is 470 g/mol. The van der Waals surface area contributed by atoms with E-state index in [2.05, 4.69) is 5.32 Å². The molecule has 0 saturated heterocycles. The number of anilines is 2. The first kappa shape index (κ1) is 20.9. The molecule has 0 radical (unpaired) electrons. The van der Waals surface area contributed by atoms with Crippen molar-refractivity contribution in [1.29, 1.82) is 0 Å². The van der Waals surface area contributed by atoms with Gasteiger partial charge in [-0.05, 0) is 61.6 Å². The molecule has 7 nitrogen and oxygen atoms in total. The Kier molecular flexibility index (Phi) is 6.24. The summed E-state index contributed by atoms with van der Waals surface area (Å²) >= 11 is 1.94. The zero-order valence-electron chi connectivity index (χ0n) is 14.9. The number of benzene rings is 1. The van der Waals surface area contributed by atoms with Crippen LogP contribution in [0.1, 0.15) is 31.1 Å². The van der Waals surface area contributed by atoms with Crippen LogP contribution in [0.15, 0.2) is 35.3 Å². The number of carboxylic acids is 1. The molecule has 2 N–H and O–H groups in total. The molecule has 0 aliphatic rings. The number of hydrogen-bond donors (Lipinski definition) is 2. The molecule has 0 fully saturated rings. The number of carboxylic acid groups (broad SMARTS) is 1. The Morgan fingerprint density at radius 3 is 2.48 bits per heavy atom. The zero-order chi connectivity index (χ0) is 20.4. The summed E-state index contributed by atoms with van der Waals surface area (Å²) < 4.78 is 20.8. The predicted molar refractivity (Wildman–Crippen MR) is 106 cm³/mol. The van der Waals surface area contributed by atoms with E-state index in [-0.39, 0.29) is 16.9 Å². The van der Waals surface area contributed by atoms with Crippen molar-refractivity contribution in [3.63, 3.8) is 0 Å². The molecule has 9 heteroatoms. The van der Waals surface area contributed by atoms with Gasteiger partial charge in [0, 0.05) is 15.8 Å². The molecule has 144 valence electrons. The van der Waals surface area contributed by atoms with Gasteiger partial charge in [-0.1, -0.05) is 0 Å². The molecule has 1 aromatic carbocycles. The number of pyridine rings is 1. The van der Waals surface area contributed by atoms with Gasteiger partial charge in [-0.15, -0.1) is 0 Å². The average molecular weight is 488 g/mol. The maximum Gasteiger partial charge on any atom is 0.339 e. The number of carbonyl (C=O) groups is 2. The number of nitrogens with zero attached hydrogens (tertiary/aromatic N) is 1. The quantitative estimate of drug-likeness (QED) is 0.495. The van der Waals surface area contributed by atoms with Crippen LogP contribution in [0, 0.1) is 9.39 Å². The molecule has 0 atom stereocenters. The lowest BCUT2D eigenvalue weighted by Gasteiger charge is -2.20. The topological polar surface area (TPSA) is 97.6 Å². The minimum Gasteiger partial charge on any atom is -0.478 e. The Bertz CT molecular complexity index is 950. The summed E-state index contributed by atoms with van der Waals surface area (Å²) in [7, 11) is 0. The van der Waals surface area contributed by atoms with Crippen molar-refractivity contribution in [3.05, 3.63) is 55.8 Å². The lowest BCUT2D eigenvalue weighted by atomic mass is 10.2. The van der Waals surface area contributed by atoms with Gasteiger partial charge in [-0.3, -0.25) is 9.59 Å². The van der Waals surface area contributed by atoms with E-state index >= 15 is 0 Å². The highest BCUT2D eigenvalue weighted by molar-refractivity contribution is 14.1. The smallest absolute Gasteiger partial charge is 0.339 e. The Balaban J connectivity index is 2.37. The molecule has 1 heterocycles. The molecule has 27 heavy (non-hydrogen) atoms. The number of nitrogens with one attached hydrogen (secondary N) is 1. The average Bonchev–Trinajstić information content (AvgIpc) is 2.50. The lowest BCUT2D eigenvalue weighted by molar-refractivity contribution is -0.155. The number of carbonyl (C=O) groups excluding carboxylic acids is 1. The van der Waals surface area contributed by atoms with E-state index in [1.54, 1.807) is 26.8 Å². The van der Waals surface area contributed by atoms with Crippen LogP contribution in [-0.4, -0.2) is 27.2 Å². The summed E-state index contributed by atoms with van der Waals surface area (Å²) in [6, 6.07) is 5.35. The molecule has 0 aliphatic heterocycles. The Hall–Kier alpha value is -2.43. The standard InChI is InChI=1S/C18H18FIN2O5/c1-18(2,3)27-16(24)9-22-8-11(17(25)26)14(7-15(22)23)21-13-5-4-10(20)6-12(13)19/h4-8,21H,9H2,1-3H3,(H,25,26). The molecule has 0 bridgehead atoms. The third kappa shape index (κ3) is 5.78. The van der Waals surface area contributed by atoms with Gasteiger partial charge in [0.1, 0.15) is 18.0 Å². The van der Waals surface area contributed by atoms with Crippen molar-refractivity contribution in [2.24, 2.45) is 0 Å². The molecule has 2 aromatic rings. The van der Waals surface area contributed by atoms with Crippen LogP contribution in [0.3, 0.4) is 0 Å². The number of aromatic carboxylic acids is 1. The Morgan fingerprint density at radius 1 is 1.26 bits per heavy atom. The lowest BCUT2D eigenvalue weighted by Crippen LogP contribution is -2.31. The third-order valence-corrected chi connectivity index (χ3v) is 3.95. The summed E-state index contributed by atoms with van der Waals surface area (Å²) in [6.45, 7) is 4.60. The summed E-state index contributed by atoms with van der Waals surface area (Å²) in [5.41, 5.74) is -1.69. The van der Waals surface area contributed by atoms with E-state index in [1.165, 1.54) is 12.1 Å². The van der Waals surface area contributed by atoms with Crippen LogP contribution in [0.25, 0.3) is 0 Å². The highest BCUT2D eigenvalue weighted by atomic mass is 127. The second-order valence-electron chi connectivity index (χ2n) is 6.71. The number of rotatable bonds is 5. The largest absolute Gasteiger partial charge is 0.478 e. The van der Waals surface area contributed by atoms with Gasteiger partial charge in [0.25, 0.3) is 5.56 Å². The first-order chi connectivity index (χ1) is 12.5. The van der Waals surface area contributed by atoms with E-state index in [4.69, 9.17) is 4.74 Å². The van der Waals surface area contributed by atoms with Gasteiger partial charge in [-0.2, -0.15) is 0 Å². The van der Waals surface area contributed by atoms with Crippen molar-refractivity contribution in [1.82, 2.24) is 4.57 Å². The fourth-order valence-electron chi connectivity index (χ4n) is 2.22. The van der Waals surface area contributed by atoms with Crippen LogP contribution in [-0.2, 0) is 16.1 Å². The molecule has 1 aromatic heterocycles. The zero-order valence-corrected chi connectivity index (χ0v) is 17.0. The number of aromatic nitrogens is 1. The van der Waals surface area contributed by atoms with Gasteiger partial charge < -0.3 is 19.7 Å². The van der Waals surface area contributed by atoms with Crippen LogP contribution >= 0.6 is 22.6 Å². The van der Waals surface area contributed by atoms with Gasteiger partial charge in [-0.25, -0.2) is 9.18 Å². The minimum absolute atomic E-state index is 0.0298. The van der Waals surface area contributed by atoms with Crippen LogP contribution < -0.4 is 10.9 Å². The van der Waals surface area contributed by atoms with Crippen molar-refractivity contribution < 1.29 is 23.8 Å². The molecule has 0 amide bonds. The third-order valence-electron chi connectivity index (χ3n) is 3.28. The highest BCUT2D eigenvalue weighted by Gasteiger charge is 2.19. The molecule has 0 saturated carbocycles. The molecular formula is C18H18FIN2O5. The van der Waals surface area contributed by atoms with Crippen molar-refractivity contribution in [3.8, 4) is 0 Å². The normalized spacial score (nSPS) is 11.1. The van der Waals surface area contributed by atoms with E-state index in [0.29, 0.717) is 3.57 Å². The maximum absolute atomic E-state index is 14.0. The fraction of sp³-hybridized carbons (Fsp3) is 0.278. The van der Waals surface area contributed by atoms with Gasteiger partial charge >= 0.3 is 11.9 Å². The summed E-state index contributed by atoms with van der Waals surface area (Å²) in [5.74, 6) is -2.59. The first-order valence-electron chi connectivity index (χ1n) is 7.88. The first-order valence-corrected chi connectivity index (χ1v) is 8.96. The minimum atomic E-state index is -1.33. The maximum atomic E-state index is 14.0. The van der Waals surface area contributed by atoms with Crippen molar-refractivity contribution in [2.45, 2.75) is 32.9 Å². The van der Waals surface area contributed by atoms with Crippen LogP contribution in [0.4, 0.5) is 15.8 Å². The molecule has 2 rings (SSSR count). The Morgan fingerprint density at radius 2 is 1.93 bits per heavy atom. The van der Waals surface area contributed by atoms with Crippen LogP contribution in [0.5, 0.6) is 0 Å². The van der Waals surface area contributed by atoms with E-state index < -0.39 is 35.5 Å². The number of esters is 1. The Labute approximate surface area is 168 Å². The van der Waals surface area contributed by atoms with Gasteiger partial charge in [0.05, 0.1) is 16.9 Å². The fourth-order valence-corrected chi connectivity index (χ4v) is 2.67. The second-order valence-corrected chi connectivity index (χ2v) is 7.95. The number of halogens is 2. The summed E-state index contributed by atoms with van der Waals surface area (Å²) in [4.78, 5) is 35.8. The molecule has 0 spiro atoms. The predicted octanol–water partition coefficient (Wildman–Crippen LogP) is 3.38. The van der Waals surface area contributed by atoms with Gasteiger partial charge in [0.15, 0.2) is 0 Å². The number of hydrogen-bond acceptors (Lipinski definition) is 5. The number of ether oxygens (including phenoxy) is 1.